The summed E-state index contributed by atoms with van der Waals surface area (Å²) in [5.41, 5.74) is 0.222. The molecule has 1 N–H and O–H groups in total. The molecule has 19 heavy (non-hydrogen) atoms. The van der Waals surface area contributed by atoms with Gasteiger partial charge in [0.05, 0.1) is 5.52 Å². The summed E-state index contributed by atoms with van der Waals surface area (Å²) in [4.78, 5) is 3.82. The summed E-state index contributed by atoms with van der Waals surface area (Å²) in [6.45, 7) is 3.86. The molecule has 2 aromatic rings. The van der Waals surface area contributed by atoms with E-state index in [1.54, 1.807) is 12.1 Å². The summed E-state index contributed by atoms with van der Waals surface area (Å²) in [5.74, 6) is 0. The van der Waals surface area contributed by atoms with Crippen molar-refractivity contribution in [1.29, 1.82) is 0 Å². The fourth-order valence-corrected chi connectivity index (χ4v) is 2.65. The number of nitrogens with zero attached hydrogens (tertiary/aromatic N) is 1. The zero-order valence-electron chi connectivity index (χ0n) is 10.4. The Morgan fingerprint density at radius 2 is 2.00 bits per heavy atom. The molecule has 1 heterocycles. The van der Waals surface area contributed by atoms with Crippen molar-refractivity contribution in [3.05, 3.63) is 33.0 Å². The highest BCUT2D eigenvalue weighted by Crippen LogP contribution is 2.37. The van der Waals surface area contributed by atoms with Gasteiger partial charge in [0.1, 0.15) is 5.69 Å². The molecule has 6 heteroatoms. The van der Waals surface area contributed by atoms with Crippen molar-refractivity contribution >= 4 is 39.2 Å². The minimum absolute atomic E-state index is 0.142. The largest absolute Gasteiger partial charge is 0.433 e. The second kappa shape index (κ2) is 5.15. The first-order valence-corrected chi connectivity index (χ1v) is 6.84. The van der Waals surface area contributed by atoms with Gasteiger partial charge in [0.15, 0.2) is 0 Å². The van der Waals surface area contributed by atoms with Crippen molar-refractivity contribution in [2.75, 3.05) is 11.9 Å². The molecule has 0 bridgehead atoms. The molecule has 102 valence electrons. The van der Waals surface area contributed by atoms with E-state index >= 15 is 0 Å². The third kappa shape index (κ3) is 2.63. The predicted molar refractivity (Wildman–Crippen MR) is 78.4 cm³/mol. The smallest absolute Gasteiger partial charge is 0.385 e. The average molecular weight is 380 g/mol. The number of hydrogen-bond donors (Lipinski definition) is 1. The van der Waals surface area contributed by atoms with Crippen LogP contribution in [0.4, 0.5) is 18.9 Å². The Morgan fingerprint density at radius 3 is 2.58 bits per heavy atom. The first-order valence-electron chi connectivity index (χ1n) is 5.76. The average Bonchev–Trinajstić information content (AvgIpc) is 2.31. The van der Waals surface area contributed by atoms with Crippen LogP contribution in [0.3, 0.4) is 0 Å². The number of rotatable bonds is 2. The van der Waals surface area contributed by atoms with Gasteiger partial charge in [-0.2, -0.15) is 13.2 Å². The minimum atomic E-state index is -4.44. The summed E-state index contributed by atoms with van der Waals surface area (Å²) < 4.78 is 39.8. The Morgan fingerprint density at radius 1 is 1.32 bits per heavy atom. The Labute approximate surface area is 122 Å². The predicted octanol–water partition coefficient (Wildman–Crippen LogP) is 4.60. The monoisotopic (exact) mass is 380 g/mol. The lowest BCUT2D eigenvalue weighted by atomic mass is 10.1. The zero-order valence-corrected chi connectivity index (χ0v) is 12.6. The van der Waals surface area contributed by atoms with Gasteiger partial charge in [0.2, 0.25) is 0 Å². The molecule has 2 nitrogen and oxygen atoms in total. The summed E-state index contributed by atoms with van der Waals surface area (Å²) in [5, 5.41) is 3.74. The van der Waals surface area contributed by atoms with Crippen LogP contribution in [-0.4, -0.2) is 11.5 Å². The van der Waals surface area contributed by atoms with E-state index in [1.165, 1.54) is 6.92 Å². The molecular weight excluding hydrogens is 368 g/mol. The zero-order chi connectivity index (χ0) is 14.2. The van der Waals surface area contributed by atoms with E-state index in [-0.39, 0.29) is 5.56 Å². The summed E-state index contributed by atoms with van der Waals surface area (Å²) in [7, 11) is 0. The number of benzene rings is 1. The second-order valence-corrected chi connectivity index (χ2v) is 5.29. The molecule has 0 aliphatic heterocycles. The van der Waals surface area contributed by atoms with Gasteiger partial charge in [-0.25, -0.2) is 4.98 Å². The maximum Gasteiger partial charge on any atom is 0.433 e. The van der Waals surface area contributed by atoms with Gasteiger partial charge >= 0.3 is 6.18 Å². The minimum Gasteiger partial charge on any atom is -0.385 e. The second-order valence-electron chi connectivity index (χ2n) is 4.12. The fourth-order valence-electron chi connectivity index (χ4n) is 2.03. The molecule has 0 aliphatic rings. The summed E-state index contributed by atoms with van der Waals surface area (Å²) in [6, 6.07) is 5.36. The maximum atomic E-state index is 13.0. The van der Waals surface area contributed by atoms with Crippen molar-refractivity contribution in [3.8, 4) is 0 Å². The van der Waals surface area contributed by atoms with E-state index < -0.39 is 11.9 Å². The molecule has 0 fully saturated rings. The molecule has 0 unspecified atom stereocenters. The van der Waals surface area contributed by atoms with E-state index in [1.807, 2.05) is 35.6 Å². The van der Waals surface area contributed by atoms with Crippen molar-refractivity contribution < 1.29 is 13.2 Å². The van der Waals surface area contributed by atoms with Crippen LogP contribution in [0.5, 0.6) is 0 Å². The topological polar surface area (TPSA) is 24.9 Å². The molecule has 0 saturated heterocycles. The normalized spacial score (nSPS) is 11.9. The number of halogens is 4. The maximum absolute atomic E-state index is 13.0. The lowest BCUT2D eigenvalue weighted by molar-refractivity contribution is -0.141. The highest BCUT2D eigenvalue weighted by Gasteiger charge is 2.36. The van der Waals surface area contributed by atoms with Gasteiger partial charge < -0.3 is 5.32 Å². The van der Waals surface area contributed by atoms with E-state index in [2.05, 4.69) is 10.3 Å². The van der Waals surface area contributed by atoms with Crippen molar-refractivity contribution in [1.82, 2.24) is 4.98 Å². The summed E-state index contributed by atoms with van der Waals surface area (Å²) >= 11 is 2.00. The molecule has 1 aromatic carbocycles. The highest BCUT2D eigenvalue weighted by molar-refractivity contribution is 14.1. The molecule has 0 saturated carbocycles. The molecular formula is C13H12F3IN2. The van der Waals surface area contributed by atoms with Crippen LogP contribution < -0.4 is 5.32 Å². The molecule has 0 spiro atoms. The molecule has 0 aliphatic carbocycles. The Hall–Kier alpha value is -1.05. The number of para-hydroxylation sites is 1. The lowest BCUT2D eigenvalue weighted by Crippen LogP contribution is -2.13. The first kappa shape index (κ1) is 14.4. The van der Waals surface area contributed by atoms with Crippen LogP contribution in [0, 0.1) is 10.5 Å². The SMILES string of the molecule is CCNc1c(C)c(C(F)(F)F)nc2c(I)cccc12. The Bertz CT molecular complexity index is 623. The van der Waals surface area contributed by atoms with Crippen molar-refractivity contribution in [2.45, 2.75) is 20.0 Å². The number of aromatic nitrogens is 1. The fraction of sp³-hybridized carbons (Fsp3) is 0.308. The molecule has 1 aromatic heterocycles. The van der Waals surface area contributed by atoms with E-state index in [9.17, 15) is 13.2 Å². The van der Waals surface area contributed by atoms with Gasteiger partial charge in [-0.3, -0.25) is 0 Å². The number of alkyl halides is 3. The van der Waals surface area contributed by atoms with Gasteiger partial charge in [-0.1, -0.05) is 12.1 Å². The van der Waals surface area contributed by atoms with E-state index in [0.29, 0.717) is 21.3 Å². The van der Waals surface area contributed by atoms with E-state index in [4.69, 9.17) is 0 Å². The number of anilines is 1. The first-order chi connectivity index (χ1) is 8.86. The number of nitrogens with one attached hydrogen (secondary N) is 1. The van der Waals surface area contributed by atoms with Gasteiger partial charge in [0, 0.05) is 26.8 Å². The van der Waals surface area contributed by atoms with Gasteiger partial charge in [-0.05, 0) is 42.5 Å². The third-order valence-electron chi connectivity index (χ3n) is 2.83. The number of fused-ring (bicyclic) bond motifs is 1. The van der Waals surface area contributed by atoms with Crippen molar-refractivity contribution in [3.63, 3.8) is 0 Å². The standard InChI is InChI=1S/C13H12F3IN2/c1-3-18-10-7(2)12(13(14,15)16)19-11-8(10)5-4-6-9(11)17/h4-6H,3H2,1-2H3,(H,18,19). The third-order valence-corrected chi connectivity index (χ3v) is 3.70. The lowest BCUT2D eigenvalue weighted by Gasteiger charge is -2.17. The Balaban J connectivity index is 2.87. The van der Waals surface area contributed by atoms with Crippen LogP contribution in [0.1, 0.15) is 18.2 Å². The quantitative estimate of drug-likeness (QED) is 0.771. The number of pyridine rings is 1. The van der Waals surface area contributed by atoms with Crippen LogP contribution in [-0.2, 0) is 6.18 Å². The van der Waals surface area contributed by atoms with Crippen LogP contribution >= 0.6 is 22.6 Å². The van der Waals surface area contributed by atoms with Gasteiger partial charge in [-0.15, -0.1) is 0 Å². The van der Waals surface area contributed by atoms with Crippen LogP contribution in [0.25, 0.3) is 10.9 Å². The van der Waals surface area contributed by atoms with Crippen LogP contribution in [0.2, 0.25) is 0 Å². The molecule has 0 amide bonds. The molecule has 0 radical (unpaired) electrons. The highest BCUT2D eigenvalue weighted by atomic mass is 127. The van der Waals surface area contributed by atoms with E-state index in [0.717, 1.165) is 5.39 Å². The Kier molecular flexibility index (Phi) is 3.89. The van der Waals surface area contributed by atoms with Crippen LogP contribution in [0.15, 0.2) is 18.2 Å². The molecule has 0 atom stereocenters. The van der Waals surface area contributed by atoms with Gasteiger partial charge in [0.25, 0.3) is 0 Å². The molecule has 2 rings (SSSR count). The number of hydrogen-bond acceptors (Lipinski definition) is 2. The van der Waals surface area contributed by atoms with Crippen molar-refractivity contribution in [2.24, 2.45) is 0 Å². The summed E-state index contributed by atoms with van der Waals surface area (Å²) in [6.07, 6.45) is -4.44.